The monoisotopic (exact) mass is 296 g/mol. The van der Waals surface area contributed by atoms with E-state index in [-0.39, 0.29) is 5.60 Å². The van der Waals surface area contributed by atoms with E-state index >= 15 is 0 Å². The van der Waals surface area contributed by atoms with Crippen LogP contribution in [0.25, 0.3) is 0 Å². The zero-order chi connectivity index (χ0) is 13.6. The molecule has 4 heteroatoms. The first-order chi connectivity index (χ1) is 9.83. The summed E-state index contributed by atoms with van der Waals surface area (Å²) < 4.78 is 6.24. The molecule has 2 heterocycles. The Morgan fingerprint density at radius 3 is 2.60 bits per heavy atom. The minimum absolute atomic E-state index is 0.202. The third-order valence-electron chi connectivity index (χ3n) is 6.52. The average Bonchev–Trinajstić information content (AvgIpc) is 2.94. The third-order valence-corrected chi connectivity index (χ3v) is 7.51. The van der Waals surface area contributed by atoms with Crippen molar-refractivity contribution in [3.05, 3.63) is 0 Å². The Hall–Kier alpha value is 0.230. The third kappa shape index (κ3) is 2.33. The van der Waals surface area contributed by atoms with Crippen molar-refractivity contribution in [3.8, 4) is 0 Å². The minimum atomic E-state index is 0.202. The van der Waals surface area contributed by atoms with Crippen molar-refractivity contribution in [2.45, 2.75) is 56.6 Å². The number of nitrogens with one attached hydrogen (secondary N) is 1. The molecule has 0 radical (unpaired) electrons. The van der Waals surface area contributed by atoms with Gasteiger partial charge >= 0.3 is 0 Å². The highest BCUT2D eigenvalue weighted by atomic mass is 32.2. The molecule has 4 unspecified atom stereocenters. The van der Waals surface area contributed by atoms with Crippen molar-refractivity contribution in [2.24, 2.45) is 29.5 Å². The fourth-order valence-corrected chi connectivity index (χ4v) is 6.67. The first-order valence-corrected chi connectivity index (χ1v) is 9.66. The van der Waals surface area contributed by atoms with Gasteiger partial charge in [0.25, 0.3) is 0 Å². The molecule has 4 atom stereocenters. The summed E-state index contributed by atoms with van der Waals surface area (Å²) in [5.74, 6) is 12.1. The second kappa shape index (κ2) is 5.45. The molecule has 3 nitrogen and oxygen atoms in total. The van der Waals surface area contributed by atoms with Gasteiger partial charge < -0.3 is 4.74 Å². The van der Waals surface area contributed by atoms with Gasteiger partial charge in [0.1, 0.15) is 0 Å². The fourth-order valence-electron chi connectivity index (χ4n) is 5.44. The molecule has 4 rings (SSSR count). The van der Waals surface area contributed by atoms with Crippen molar-refractivity contribution >= 4 is 11.8 Å². The van der Waals surface area contributed by atoms with Gasteiger partial charge in [0, 0.05) is 12.6 Å². The molecular weight excluding hydrogens is 268 g/mol. The van der Waals surface area contributed by atoms with Crippen LogP contribution >= 0.6 is 11.8 Å². The molecule has 0 aromatic rings. The number of ether oxygens (including phenoxy) is 1. The van der Waals surface area contributed by atoms with E-state index in [9.17, 15) is 0 Å². The Morgan fingerprint density at radius 2 is 1.90 bits per heavy atom. The quantitative estimate of drug-likeness (QED) is 0.621. The summed E-state index contributed by atoms with van der Waals surface area (Å²) in [4.78, 5) is 0. The zero-order valence-electron chi connectivity index (χ0n) is 12.4. The highest BCUT2D eigenvalue weighted by Crippen LogP contribution is 2.60. The molecule has 2 saturated heterocycles. The molecule has 0 aromatic carbocycles. The van der Waals surface area contributed by atoms with E-state index in [1.165, 1.54) is 56.5 Å². The number of rotatable bonds is 3. The van der Waals surface area contributed by atoms with Crippen LogP contribution in [0.1, 0.15) is 44.9 Å². The lowest BCUT2D eigenvalue weighted by Crippen LogP contribution is -2.51. The summed E-state index contributed by atoms with van der Waals surface area (Å²) in [5.41, 5.74) is 3.43. The highest BCUT2D eigenvalue weighted by Gasteiger charge is 2.57. The number of hydrogen-bond acceptors (Lipinski definition) is 4. The van der Waals surface area contributed by atoms with E-state index in [0.717, 1.165) is 30.3 Å². The molecule has 2 aliphatic heterocycles. The van der Waals surface area contributed by atoms with E-state index in [4.69, 9.17) is 10.6 Å². The van der Waals surface area contributed by atoms with Gasteiger partial charge in [-0.3, -0.25) is 11.3 Å². The number of hydrazine groups is 1. The van der Waals surface area contributed by atoms with Gasteiger partial charge in [-0.2, -0.15) is 11.8 Å². The van der Waals surface area contributed by atoms with Gasteiger partial charge in [-0.25, -0.2) is 0 Å². The van der Waals surface area contributed by atoms with Gasteiger partial charge in [0.15, 0.2) is 0 Å². The van der Waals surface area contributed by atoms with Crippen LogP contribution in [0.15, 0.2) is 0 Å². The van der Waals surface area contributed by atoms with Crippen LogP contribution in [0.3, 0.4) is 0 Å². The van der Waals surface area contributed by atoms with Crippen LogP contribution in [0.2, 0.25) is 0 Å². The van der Waals surface area contributed by atoms with Crippen LogP contribution in [0.5, 0.6) is 0 Å². The normalized spacial score (nSPS) is 44.2. The van der Waals surface area contributed by atoms with Crippen LogP contribution < -0.4 is 11.3 Å². The predicted octanol–water partition coefficient (Wildman–Crippen LogP) is 2.56. The summed E-state index contributed by atoms with van der Waals surface area (Å²) in [7, 11) is 0. The van der Waals surface area contributed by atoms with Crippen LogP contribution in [0.4, 0.5) is 0 Å². The molecule has 20 heavy (non-hydrogen) atoms. The van der Waals surface area contributed by atoms with Gasteiger partial charge in [-0.1, -0.05) is 6.42 Å². The highest BCUT2D eigenvalue weighted by molar-refractivity contribution is 7.99. The van der Waals surface area contributed by atoms with E-state index in [1.54, 1.807) is 0 Å². The molecule has 1 spiro atoms. The molecule has 4 aliphatic rings. The molecule has 2 saturated carbocycles. The smallest absolute Gasteiger partial charge is 0.0701 e. The Balaban J connectivity index is 1.44. The molecule has 0 aromatic heterocycles. The molecule has 4 fully saturated rings. The maximum absolute atomic E-state index is 6.24. The lowest BCUT2D eigenvalue weighted by molar-refractivity contribution is -0.108. The summed E-state index contributed by atoms with van der Waals surface area (Å²) in [6.45, 7) is 0.954. The summed E-state index contributed by atoms with van der Waals surface area (Å²) in [6.07, 6.45) is 9.33. The van der Waals surface area contributed by atoms with E-state index in [1.807, 2.05) is 0 Å². The molecular formula is C16H28N2OS. The largest absolute Gasteiger partial charge is 0.375 e. The Kier molecular flexibility index (Phi) is 3.78. The Bertz CT molecular complexity index is 343. The standard InChI is InChI=1S/C16H28N2OS/c17-18-15(14-12-2-1-3-13(12)14)11-4-7-19-16(10-11)5-8-20-9-6-16/h11-15,18H,1-10,17H2. The molecule has 0 amide bonds. The van der Waals surface area contributed by atoms with Crippen molar-refractivity contribution in [3.63, 3.8) is 0 Å². The van der Waals surface area contributed by atoms with Crippen molar-refractivity contribution in [1.82, 2.24) is 5.43 Å². The molecule has 2 aliphatic carbocycles. The van der Waals surface area contributed by atoms with Crippen LogP contribution in [0, 0.1) is 23.7 Å². The van der Waals surface area contributed by atoms with Crippen LogP contribution in [-0.2, 0) is 4.74 Å². The molecule has 0 bridgehead atoms. The maximum Gasteiger partial charge on any atom is 0.0701 e. The second-order valence-corrected chi connectivity index (χ2v) is 8.65. The van der Waals surface area contributed by atoms with E-state index in [0.29, 0.717) is 6.04 Å². The number of nitrogens with two attached hydrogens (primary N) is 1. The first-order valence-electron chi connectivity index (χ1n) is 8.51. The van der Waals surface area contributed by atoms with Crippen molar-refractivity contribution in [1.29, 1.82) is 0 Å². The van der Waals surface area contributed by atoms with Gasteiger partial charge in [0.05, 0.1) is 5.60 Å². The maximum atomic E-state index is 6.24. The van der Waals surface area contributed by atoms with E-state index < -0.39 is 0 Å². The first kappa shape index (κ1) is 13.9. The van der Waals surface area contributed by atoms with E-state index in [2.05, 4.69) is 17.2 Å². The van der Waals surface area contributed by atoms with Gasteiger partial charge in [-0.05, 0) is 73.7 Å². The fraction of sp³-hybridized carbons (Fsp3) is 1.00. The number of hydrogen-bond donors (Lipinski definition) is 2. The van der Waals surface area contributed by atoms with Gasteiger partial charge in [0.2, 0.25) is 0 Å². The SMILES string of the molecule is NNC(C1CCOC2(CCSCC2)C1)C1C2CCCC21. The number of thioether (sulfide) groups is 1. The molecule has 114 valence electrons. The van der Waals surface area contributed by atoms with Crippen molar-refractivity contribution in [2.75, 3.05) is 18.1 Å². The lowest BCUT2D eigenvalue weighted by atomic mass is 9.77. The van der Waals surface area contributed by atoms with Gasteiger partial charge in [-0.15, -0.1) is 0 Å². The lowest BCUT2D eigenvalue weighted by Gasteiger charge is -2.45. The van der Waals surface area contributed by atoms with Crippen molar-refractivity contribution < 1.29 is 4.74 Å². The summed E-state index contributed by atoms with van der Waals surface area (Å²) in [6, 6.07) is 0.556. The Morgan fingerprint density at radius 1 is 1.15 bits per heavy atom. The second-order valence-electron chi connectivity index (χ2n) is 7.43. The minimum Gasteiger partial charge on any atom is -0.375 e. The average molecular weight is 296 g/mol. The predicted molar refractivity (Wildman–Crippen MR) is 83.4 cm³/mol. The van der Waals surface area contributed by atoms with Crippen LogP contribution in [-0.4, -0.2) is 29.8 Å². The summed E-state index contributed by atoms with van der Waals surface area (Å²) >= 11 is 2.09. The number of fused-ring (bicyclic) bond motifs is 1. The summed E-state index contributed by atoms with van der Waals surface area (Å²) in [5, 5.41) is 0. The molecule has 3 N–H and O–H groups in total. The topological polar surface area (TPSA) is 47.3 Å². The zero-order valence-corrected chi connectivity index (χ0v) is 13.2. The Labute approximate surface area is 126 Å².